The zero-order valence-electron chi connectivity index (χ0n) is 10.4. The second-order valence-corrected chi connectivity index (χ2v) is 4.04. The molecular weight excluding hydrogens is 242 g/mol. The van der Waals surface area contributed by atoms with E-state index in [1.807, 2.05) is 0 Å². The van der Waals surface area contributed by atoms with Gasteiger partial charge in [0.15, 0.2) is 0 Å². The molecule has 0 fully saturated rings. The molecule has 0 spiro atoms. The molecule has 0 bridgehead atoms. The Morgan fingerprint density at radius 3 is 2.22 bits per heavy atom. The topological polar surface area (TPSA) is 133 Å². The summed E-state index contributed by atoms with van der Waals surface area (Å²) >= 11 is 0. The van der Waals surface area contributed by atoms with Crippen LogP contribution in [0, 0.1) is 0 Å². The quantitative estimate of drug-likeness (QED) is 0.453. The van der Waals surface area contributed by atoms with Gasteiger partial charge < -0.3 is 26.2 Å². The van der Waals surface area contributed by atoms with Crippen LogP contribution in [-0.2, 0) is 9.59 Å². The number of aliphatic carboxylic acids is 1. The van der Waals surface area contributed by atoms with E-state index in [9.17, 15) is 14.4 Å². The van der Waals surface area contributed by atoms with Crippen LogP contribution in [0.5, 0.6) is 0 Å². The van der Waals surface area contributed by atoms with Gasteiger partial charge in [-0.15, -0.1) is 0 Å². The number of nitrogens with one attached hydrogen (secondary N) is 1. The molecule has 0 aliphatic carbocycles. The lowest BCUT2D eigenvalue weighted by Gasteiger charge is -2.27. The van der Waals surface area contributed by atoms with Crippen molar-refractivity contribution < 1.29 is 24.6 Å². The normalized spacial score (nSPS) is 12.0. The molecular formula is C10H19N3O5. The number of carboxylic acids is 1. The average molecular weight is 261 g/mol. The third-order valence-corrected chi connectivity index (χ3v) is 2.22. The maximum absolute atomic E-state index is 11.8. The number of carboxylic acid groups (broad SMARTS) is 1. The first-order chi connectivity index (χ1) is 8.29. The lowest BCUT2D eigenvalue weighted by atomic mass is 10.2. The standard InChI is InChI=1S/C10H19N3O5/c1-6(2)13(5-8(11)15)10(18)12-7(3-4-14)9(16)17/h6-7,14H,3-5H2,1-2H3,(H2,11,15)(H,12,18)(H,16,17)/t7-/m1/s1. The number of nitrogens with two attached hydrogens (primary N) is 1. The SMILES string of the molecule is CC(C)N(CC(N)=O)C(=O)N[C@H](CCO)C(=O)O. The van der Waals surface area contributed by atoms with Gasteiger partial charge in [-0.05, 0) is 13.8 Å². The second kappa shape index (κ2) is 7.49. The highest BCUT2D eigenvalue weighted by atomic mass is 16.4. The van der Waals surface area contributed by atoms with Gasteiger partial charge in [0.1, 0.15) is 12.6 Å². The molecule has 0 unspecified atom stereocenters. The van der Waals surface area contributed by atoms with E-state index in [-0.39, 0.29) is 25.6 Å². The number of aliphatic hydroxyl groups is 1. The summed E-state index contributed by atoms with van der Waals surface area (Å²) in [4.78, 5) is 34.5. The van der Waals surface area contributed by atoms with Crippen molar-refractivity contribution in [3.8, 4) is 0 Å². The molecule has 0 aliphatic rings. The van der Waals surface area contributed by atoms with Crippen LogP contribution in [0.1, 0.15) is 20.3 Å². The minimum absolute atomic E-state index is 0.108. The summed E-state index contributed by atoms with van der Waals surface area (Å²) in [5.74, 6) is -1.94. The van der Waals surface area contributed by atoms with E-state index >= 15 is 0 Å². The van der Waals surface area contributed by atoms with Gasteiger partial charge in [0.25, 0.3) is 0 Å². The van der Waals surface area contributed by atoms with Gasteiger partial charge in [0.05, 0.1) is 0 Å². The van der Waals surface area contributed by atoms with Crippen LogP contribution in [0.4, 0.5) is 4.79 Å². The van der Waals surface area contributed by atoms with Crippen LogP contribution in [-0.4, -0.2) is 58.3 Å². The number of carbonyl (C=O) groups is 3. The van der Waals surface area contributed by atoms with E-state index in [1.165, 1.54) is 0 Å². The van der Waals surface area contributed by atoms with Crippen LogP contribution in [0.2, 0.25) is 0 Å². The van der Waals surface area contributed by atoms with Crippen molar-refractivity contribution in [3.63, 3.8) is 0 Å². The summed E-state index contributed by atoms with van der Waals surface area (Å²) < 4.78 is 0. The first kappa shape index (κ1) is 16.2. The molecule has 0 heterocycles. The Labute approximate surface area is 105 Å². The largest absolute Gasteiger partial charge is 0.480 e. The van der Waals surface area contributed by atoms with Crippen molar-refractivity contribution >= 4 is 17.9 Å². The number of carbonyl (C=O) groups excluding carboxylic acids is 2. The van der Waals surface area contributed by atoms with Crippen LogP contribution in [0.25, 0.3) is 0 Å². The highest BCUT2D eigenvalue weighted by Crippen LogP contribution is 2.00. The second-order valence-electron chi connectivity index (χ2n) is 4.04. The van der Waals surface area contributed by atoms with Crippen molar-refractivity contribution in [2.45, 2.75) is 32.4 Å². The smallest absolute Gasteiger partial charge is 0.326 e. The van der Waals surface area contributed by atoms with Crippen molar-refractivity contribution in [2.75, 3.05) is 13.2 Å². The molecule has 1 atom stereocenters. The molecule has 0 aromatic rings. The summed E-state index contributed by atoms with van der Waals surface area (Å²) in [6.45, 7) is 2.68. The third kappa shape index (κ3) is 5.48. The highest BCUT2D eigenvalue weighted by molar-refractivity contribution is 5.86. The summed E-state index contributed by atoms with van der Waals surface area (Å²) in [7, 11) is 0. The fourth-order valence-electron chi connectivity index (χ4n) is 1.28. The molecule has 0 aromatic heterocycles. The Balaban J connectivity index is 4.66. The molecule has 0 aliphatic heterocycles. The predicted octanol–water partition coefficient (Wildman–Crippen LogP) is -1.27. The predicted molar refractivity (Wildman–Crippen MR) is 62.7 cm³/mol. The third-order valence-electron chi connectivity index (χ3n) is 2.22. The van der Waals surface area contributed by atoms with Crippen molar-refractivity contribution in [1.29, 1.82) is 0 Å². The molecule has 0 saturated heterocycles. The summed E-state index contributed by atoms with van der Waals surface area (Å²) in [5.41, 5.74) is 5.00. The number of rotatable bonds is 7. The van der Waals surface area contributed by atoms with Crippen molar-refractivity contribution in [3.05, 3.63) is 0 Å². The average Bonchev–Trinajstić information content (AvgIpc) is 2.24. The van der Waals surface area contributed by atoms with Crippen LogP contribution < -0.4 is 11.1 Å². The molecule has 0 aromatic carbocycles. The molecule has 5 N–H and O–H groups in total. The van der Waals surface area contributed by atoms with E-state index in [2.05, 4.69) is 5.32 Å². The Hall–Kier alpha value is -1.83. The maximum atomic E-state index is 11.8. The number of nitrogens with zero attached hydrogens (tertiary/aromatic N) is 1. The summed E-state index contributed by atoms with van der Waals surface area (Å²) in [5, 5.41) is 19.7. The highest BCUT2D eigenvalue weighted by Gasteiger charge is 2.24. The van der Waals surface area contributed by atoms with E-state index in [0.29, 0.717) is 0 Å². The van der Waals surface area contributed by atoms with Crippen LogP contribution in [0.3, 0.4) is 0 Å². The summed E-state index contributed by atoms with van der Waals surface area (Å²) in [6.07, 6.45) is -0.108. The molecule has 0 radical (unpaired) electrons. The van der Waals surface area contributed by atoms with Gasteiger partial charge in [-0.3, -0.25) is 4.79 Å². The van der Waals surface area contributed by atoms with E-state index in [0.717, 1.165) is 4.90 Å². The molecule has 0 saturated carbocycles. The molecule has 18 heavy (non-hydrogen) atoms. The first-order valence-electron chi connectivity index (χ1n) is 5.48. The number of hydrogen-bond donors (Lipinski definition) is 4. The maximum Gasteiger partial charge on any atom is 0.326 e. The zero-order valence-corrected chi connectivity index (χ0v) is 10.4. The lowest BCUT2D eigenvalue weighted by molar-refractivity contribution is -0.139. The zero-order chi connectivity index (χ0) is 14.3. The monoisotopic (exact) mass is 261 g/mol. The van der Waals surface area contributed by atoms with Gasteiger partial charge in [-0.25, -0.2) is 9.59 Å². The number of amides is 3. The minimum atomic E-state index is -1.25. The van der Waals surface area contributed by atoms with Gasteiger partial charge >= 0.3 is 12.0 Å². The van der Waals surface area contributed by atoms with Gasteiger partial charge in [-0.2, -0.15) is 0 Å². The van der Waals surface area contributed by atoms with E-state index < -0.39 is 23.9 Å². The van der Waals surface area contributed by atoms with Crippen LogP contribution >= 0.6 is 0 Å². The fourth-order valence-corrected chi connectivity index (χ4v) is 1.28. The van der Waals surface area contributed by atoms with E-state index in [4.69, 9.17) is 15.9 Å². The Kier molecular flexibility index (Phi) is 6.73. The Morgan fingerprint density at radius 2 is 1.89 bits per heavy atom. The lowest BCUT2D eigenvalue weighted by Crippen LogP contribution is -2.52. The number of primary amides is 1. The number of hydrogen-bond acceptors (Lipinski definition) is 4. The van der Waals surface area contributed by atoms with Crippen LogP contribution in [0.15, 0.2) is 0 Å². The molecule has 0 rings (SSSR count). The fraction of sp³-hybridized carbons (Fsp3) is 0.700. The molecule has 3 amide bonds. The molecule has 8 heteroatoms. The molecule has 8 nitrogen and oxygen atoms in total. The van der Waals surface area contributed by atoms with Gasteiger partial charge in [-0.1, -0.05) is 0 Å². The first-order valence-corrected chi connectivity index (χ1v) is 5.48. The number of urea groups is 1. The van der Waals surface area contributed by atoms with Crippen molar-refractivity contribution in [2.24, 2.45) is 5.73 Å². The van der Waals surface area contributed by atoms with Gasteiger partial charge in [0, 0.05) is 19.1 Å². The van der Waals surface area contributed by atoms with Crippen molar-refractivity contribution in [1.82, 2.24) is 10.2 Å². The van der Waals surface area contributed by atoms with Gasteiger partial charge in [0.2, 0.25) is 5.91 Å². The number of aliphatic hydroxyl groups excluding tert-OH is 1. The Morgan fingerprint density at radius 1 is 1.33 bits per heavy atom. The molecule has 104 valence electrons. The summed E-state index contributed by atoms with van der Waals surface area (Å²) in [6, 6.07) is -2.21. The minimum Gasteiger partial charge on any atom is -0.480 e. The van der Waals surface area contributed by atoms with E-state index in [1.54, 1.807) is 13.8 Å². The Bertz CT molecular complexity index is 319.